The third kappa shape index (κ3) is 3.41. The summed E-state index contributed by atoms with van der Waals surface area (Å²) in [7, 11) is -1.82. The Morgan fingerprint density at radius 3 is 2.43 bits per heavy atom. The van der Waals surface area contributed by atoms with Gasteiger partial charge in [-0.2, -0.15) is 4.31 Å². The second kappa shape index (κ2) is 6.58. The molecule has 1 aromatic rings. The van der Waals surface area contributed by atoms with Gasteiger partial charge < -0.3 is 14.2 Å². The number of hydrogen-bond acceptors (Lipinski definition) is 5. The van der Waals surface area contributed by atoms with Crippen molar-refractivity contribution in [3.63, 3.8) is 0 Å². The van der Waals surface area contributed by atoms with Crippen molar-refractivity contribution >= 4 is 15.9 Å². The summed E-state index contributed by atoms with van der Waals surface area (Å²) in [6.45, 7) is 3.15. The minimum Gasteiger partial charge on any atom is -0.378 e. The minimum absolute atomic E-state index is 0.0676. The maximum Gasteiger partial charge on any atom is 0.262 e. The van der Waals surface area contributed by atoms with E-state index in [1.54, 1.807) is 11.6 Å². The second-order valence-corrected chi connectivity index (χ2v) is 7.88. The van der Waals surface area contributed by atoms with Gasteiger partial charge in [0.05, 0.1) is 19.5 Å². The standard InChI is InChI=1S/C14H22N4O4S/c1-16-10-13(15-11-16)23(20,21)18-4-2-12(3-5-18)14(19)17-6-8-22-9-7-17/h10-12H,2-9H2,1H3. The quantitative estimate of drug-likeness (QED) is 0.752. The van der Waals surface area contributed by atoms with Crippen molar-refractivity contribution in [2.24, 2.45) is 13.0 Å². The molecule has 0 aromatic carbocycles. The lowest BCUT2D eigenvalue weighted by Crippen LogP contribution is -2.47. The van der Waals surface area contributed by atoms with E-state index in [0.717, 1.165) is 0 Å². The molecule has 2 saturated heterocycles. The molecular weight excluding hydrogens is 320 g/mol. The van der Waals surface area contributed by atoms with Gasteiger partial charge in [-0.3, -0.25) is 4.79 Å². The molecule has 0 N–H and O–H groups in total. The largest absolute Gasteiger partial charge is 0.378 e. The summed E-state index contributed by atoms with van der Waals surface area (Å²) in [6.07, 6.45) is 4.09. The molecule has 9 heteroatoms. The van der Waals surface area contributed by atoms with Crippen LogP contribution in [-0.2, 0) is 26.6 Å². The third-order valence-electron chi connectivity index (χ3n) is 4.41. The molecular formula is C14H22N4O4S. The number of imidazole rings is 1. The van der Waals surface area contributed by atoms with E-state index < -0.39 is 10.0 Å². The normalized spacial score (nSPS) is 21.5. The molecule has 0 bridgehead atoms. The Balaban J connectivity index is 1.60. The third-order valence-corrected chi connectivity index (χ3v) is 6.20. The molecule has 23 heavy (non-hydrogen) atoms. The number of sulfonamides is 1. The van der Waals surface area contributed by atoms with E-state index in [0.29, 0.717) is 52.2 Å². The van der Waals surface area contributed by atoms with Crippen LogP contribution in [0.1, 0.15) is 12.8 Å². The molecule has 8 nitrogen and oxygen atoms in total. The van der Waals surface area contributed by atoms with Crippen LogP contribution in [0.3, 0.4) is 0 Å². The molecule has 0 atom stereocenters. The zero-order chi connectivity index (χ0) is 16.4. The van der Waals surface area contributed by atoms with Crippen molar-refractivity contribution in [2.75, 3.05) is 39.4 Å². The number of hydrogen-bond donors (Lipinski definition) is 0. The fraction of sp³-hybridized carbons (Fsp3) is 0.714. The lowest BCUT2D eigenvalue weighted by atomic mass is 9.96. The average Bonchev–Trinajstić information content (AvgIpc) is 3.02. The maximum atomic E-state index is 12.5. The number of carbonyl (C=O) groups excluding carboxylic acids is 1. The maximum absolute atomic E-state index is 12.5. The molecule has 0 spiro atoms. The molecule has 1 amide bonds. The number of amides is 1. The smallest absolute Gasteiger partial charge is 0.262 e. The summed E-state index contributed by atoms with van der Waals surface area (Å²) in [4.78, 5) is 18.2. The summed E-state index contributed by atoms with van der Waals surface area (Å²) in [6, 6.07) is 0. The number of ether oxygens (including phenoxy) is 1. The van der Waals surface area contributed by atoms with Crippen molar-refractivity contribution in [1.82, 2.24) is 18.8 Å². The number of morpholine rings is 1. The van der Waals surface area contributed by atoms with Crippen LogP contribution in [0.2, 0.25) is 0 Å². The number of nitrogens with zero attached hydrogens (tertiary/aromatic N) is 4. The number of aryl methyl sites for hydroxylation is 1. The van der Waals surface area contributed by atoms with Gasteiger partial charge in [0.1, 0.15) is 0 Å². The van der Waals surface area contributed by atoms with Crippen LogP contribution in [0.15, 0.2) is 17.6 Å². The SMILES string of the molecule is Cn1cnc(S(=O)(=O)N2CCC(C(=O)N3CCOCC3)CC2)c1. The van der Waals surface area contributed by atoms with Crippen LogP contribution in [-0.4, -0.2) is 72.5 Å². The average molecular weight is 342 g/mol. The van der Waals surface area contributed by atoms with Crippen LogP contribution in [0, 0.1) is 5.92 Å². The van der Waals surface area contributed by atoms with Crippen LogP contribution >= 0.6 is 0 Å². The number of carbonyl (C=O) groups is 1. The first kappa shape index (κ1) is 16.4. The van der Waals surface area contributed by atoms with Gasteiger partial charge in [0, 0.05) is 45.3 Å². The monoisotopic (exact) mass is 342 g/mol. The van der Waals surface area contributed by atoms with Gasteiger partial charge in [0.15, 0.2) is 5.03 Å². The van der Waals surface area contributed by atoms with Gasteiger partial charge in [-0.25, -0.2) is 13.4 Å². The Morgan fingerprint density at radius 2 is 1.87 bits per heavy atom. The second-order valence-electron chi connectivity index (χ2n) is 5.99. The van der Waals surface area contributed by atoms with Gasteiger partial charge in [-0.05, 0) is 12.8 Å². The summed E-state index contributed by atoms with van der Waals surface area (Å²) in [5.41, 5.74) is 0. The number of aromatic nitrogens is 2. The predicted octanol–water partition coefficient (Wildman–Crippen LogP) is -0.320. The molecule has 128 valence electrons. The molecule has 1 aromatic heterocycles. The molecule has 2 fully saturated rings. The fourth-order valence-electron chi connectivity index (χ4n) is 3.04. The van der Waals surface area contributed by atoms with Crippen molar-refractivity contribution in [3.8, 4) is 0 Å². The van der Waals surface area contributed by atoms with Crippen molar-refractivity contribution in [2.45, 2.75) is 17.9 Å². The molecule has 0 radical (unpaired) electrons. The Kier molecular flexibility index (Phi) is 4.69. The topological polar surface area (TPSA) is 84.7 Å². The van der Waals surface area contributed by atoms with E-state index in [1.165, 1.54) is 16.8 Å². The van der Waals surface area contributed by atoms with E-state index in [1.807, 2.05) is 4.90 Å². The molecule has 3 heterocycles. The minimum atomic E-state index is -3.56. The number of piperidine rings is 1. The molecule has 2 aliphatic heterocycles. The molecule has 0 saturated carbocycles. The Morgan fingerprint density at radius 1 is 1.22 bits per heavy atom. The van der Waals surface area contributed by atoms with Gasteiger partial charge in [-0.15, -0.1) is 0 Å². The van der Waals surface area contributed by atoms with E-state index in [2.05, 4.69) is 4.98 Å². The van der Waals surface area contributed by atoms with Crippen LogP contribution in [0.5, 0.6) is 0 Å². The van der Waals surface area contributed by atoms with E-state index >= 15 is 0 Å². The zero-order valence-electron chi connectivity index (χ0n) is 13.2. The Bertz CT molecular complexity index is 658. The highest BCUT2D eigenvalue weighted by atomic mass is 32.2. The van der Waals surface area contributed by atoms with Gasteiger partial charge in [0.2, 0.25) is 5.91 Å². The molecule has 0 aliphatic carbocycles. The van der Waals surface area contributed by atoms with E-state index in [-0.39, 0.29) is 16.9 Å². The van der Waals surface area contributed by atoms with Crippen LogP contribution in [0.25, 0.3) is 0 Å². The summed E-state index contributed by atoms with van der Waals surface area (Å²) < 4.78 is 33.3. The van der Waals surface area contributed by atoms with Gasteiger partial charge in [0.25, 0.3) is 10.0 Å². The Labute approximate surface area is 136 Å². The molecule has 2 aliphatic rings. The first-order valence-electron chi connectivity index (χ1n) is 7.83. The lowest BCUT2D eigenvalue weighted by Gasteiger charge is -2.34. The van der Waals surface area contributed by atoms with Gasteiger partial charge in [-0.1, -0.05) is 0 Å². The van der Waals surface area contributed by atoms with Crippen molar-refractivity contribution in [1.29, 1.82) is 0 Å². The lowest BCUT2D eigenvalue weighted by molar-refractivity contribution is -0.140. The van der Waals surface area contributed by atoms with E-state index in [4.69, 9.17) is 4.74 Å². The summed E-state index contributed by atoms with van der Waals surface area (Å²) in [5, 5.41) is 0.0676. The molecule has 3 rings (SSSR count). The zero-order valence-corrected chi connectivity index (χ0v) is 14.0. The highest BCUT2D eigenvalue weighted by molar-refractivity contribution is 7.89. The van der Waals surface area contributed by atoms with Crippen molar-refractivity contribution in [3.05, 3.63) is 12.5 Å². The fourth-order valence-corrected chi connectivity index (χ4v) is 4.48. The predicted molar refractivity (Wildman–Crippen MR) is 82.1 cm³/mol. The van der Waals surface area contributed by atoms with Crippen LogP contribution < -0.4 is 0 Å². The Hall–Kier alpha value is -1.45. The number of rotatable bonds is 3. The van der Waals surface area contributed by atoms with E-state index in [9.17, 15) is 13.2 Å². The highest BCUT2D eigenvalue weighted by Crippen LogP contribution is 2.24. The van der Waals surface area contributed by atoms with Gasteiger partial charge >= 0.3 is 0 Å². The highest BCUT2D eigenvalue weighted by Gasteiger charge is 2.34. The first-order chi connectivity index (χ1) is 11.0. The molecule has 0 unspecified atom stereocenters. The first-order valence-corrected chi connectivity index (χ1v) is 9.27. The van der Waals surface area contributed by atoms with Crippen LogP contribution in [0.4, 0.5) is 0 Å². The summed E-state index contributed by atoms with van der Waals surface area (Å²) in [5.74, 6) is 0.0338. The van der Waals surface area contributed by atoms with Crippen molar-refractivity contribution < 1.29 is 17.9 Å². The summed E-state index contributed by atoms with van der Waals surface area (Å²) >= 11 is 0.